The van der Waals surface area contributed by atoms with E-state index in [2.05, 4.69) is 20.8 Å². The average Bonchev–Trinajstić information content (AvgIpc) is 2.15. The summed E-state index contributed by atoms with van der Waals surface area (Å²) in [5.74, 6) is 0. The molecular formula is C11H26NO+. The zero-order valence-corrected chi connectivity index (χ0v) is 9.55. The summed E-state index contributed by atoms with van der Waals surface area (Å²) in [7, 11) is 0. The van der Waals surface area contributed by atoms with Gasteiger partial charge in [0.25, 0.3) is 0 Å². The fourth-order valence-corrected chi connectivity index (χ4v) is 1.99. The van der Waals surface area contributed by atoms with Gasteiger partial charge in [0.15, 0.2) is 0 Å². The van der Waals surface area contributed by atoms with Crippen molar-refractivity contribution < 1.29 is 9.59 Å². The number of hydrogen-bond donors (Lipinski definition) is 1. The topological polar surface area (TPSA) is 20.2 Å². The van der Waals surface area contributed by atoms with Gasteiger partial charge in [0.2, 0.25) is 0 Å². The first-order valence-electron chi connectivity index (χ1n) is 5.70. The van der Waals surface area contributed by atoms with E-state index in [-0.39, 0.29) is 0 Å². The summed E-state index contributed by atoms with van der Waals surface area (Å²) in [4.78, 5) is 0. The predicted octanol–water partition coefficient (Wildman–Crippen LogP) is 2.03. The molecule has 0 aromatic heterocycles. The van der Waals surface area contributed by atoms with E-state index < -0.39 is 0 Å². The monoisotopic (exact) mass is 188 g/mol. The molecule has 2 heteroatoms. The highest BCUT2D eigenvalue weighted by Gasteiger charge is 2.22. The first kappa shape index (κ1) is 12.9. The molecule has 0 aliphatic carbocycles. The number of aliphatic hydroxyl groups is 1. The number of nitrogens with zero attached hydrogens (tertiary/aromatic N) is 1. The van der Waals surface area contributed by atoms with Crippen molar-refractivity contribution in [2.45, 2.75) is 40.0 Å². The van der Waals surface area contributed by atoms with Crippen LogP contribution in [0.1, 0.15) is 40.0 Å². The molecule has 80 valence electrons. The minimum absolute atomic E-state index is 0.331. The van der Waals surface area contributed by atoms with Crippen molar-refractivity contribution in [3.05, 3.63) is 0 Å². The van der Waals surface area contributed by atoms with E-state index in [0.29, 0.717) is 6.61 Å². The van der Waals surface area contributed by atoms with E-state index in [0.717, 1.165) is 17.6 Å². The van der Waals surface area contributed by atoms with Crippen LogP contribution in [0.5, 0.6) is 0 Å². The molecule has 0 saturated heterocycles. The van der Waals surface area contributed by atoms with Crippen LogP contribution in [0, 0.1) is 0 Å². The molecule has 0 aliphatic heterocycles. The zero-order chi connectivity index (χ0) is 10.2. The average molecular weight is 188 g/mol. The Kier molecular flexibility index (Phi) is 7.29. The van der Waals surface area contributed by atoms with Crippen LogP contribution in [-0.4, -0.2) is 42.4 Å². The molecule has 13 heavy (non-hydrogen) atoms. The number of unbranched alkanes of at least 4 members (excludes halogenated alkanes) is 1. The maximum atomic E-state index is 9.04. The van der Waals surface area contributed by atoms with Crippen LogP contribution in [0.2, 0.25) is 0 Å². The Morgan fingerprint density at radius 1 is 0.923 bits per heavy atom. The fourth-order valence-electron chi connectivity index (χ4n) is 1.99. The van der Waals surface area contributed by atoms with E-state index in [1.807, 2.05) is 0 Å². The second-order valence-corrected chi connectivity index (χ2v) is 3.91. The zero-order valence-electron chi connectivity index (χ0n) is 9.55. The van der Waals surface area contributed by atoms with E-state index in [4.69, 9.17) is 5.11 Å². The quantitative estimate of drug-likeness (QED) is 0.578. The van der Waals surface area contributed by atoms with Crippen molar-refractivity contribution >= 4 is 0 Å². The number of quaternary nitrogens is 1. The number of hydrogen-bond acceptors (Lipinski definition) is 1. The second kappa shape index (κ2) is 7.34. The Morgan fingerprint density at radius 2 is 1.62 bits per heavy atom. The van der Waals surface area contributed by atoms with Gasteiger partial charge in [-0.15, -0.1) is 0 Å². The van der Waals surface area contributed by atoms with Gasteiger partial charge in [-0.3, -0.25) is 0 Å². The van der Waals surface area contributed by atoms with E-state index in [1.54, 1.807) is 0 Å². The predicted molar refractivity (Wildman–Crippen MR) is 57.7 cm³/mol. The Morgan fingerprint density at radius 3 is 2.00 bits per heavy atom. The van der Waals surface area contributed by atoms with Crippen molar-refractivity contribution in [2.75, 3.05) is 32.8 Å². The van der Waals surface area contributed by atoms with Crippen molar-refractivity contribution in [2.24, 2.45) is 0 Å². The van der Waals surface area contributed by atoms with Crippen LogP contribution in [0.4, 0.5) is 0 Å². The molecule has 0 aromatic carbocycles. The second-order valence-electron chi connectivity index (χ2n) is 3.91. The summed E-state index contributed by atoms with van der Waals surface area (Å²) in [5, 5.41) is 9.04. The Hall–Kier alpha value is -0.0800. The number of aliphatic hydroxyl groups excluding tert-OH is 1. The van der Waals surface area contributed by atoms with Crippen molar-refractivity contribution in [1.82, 2.24) is 0 Å². The van der Waals surface area contributed by atoms with Crippen molar-refractivity contribution in [3.63, 3.8) is 0 Å². The van der Waals surface area contributed by atoms with Gasteiger partial charge >= 0.3 is 0 Å². The molecule has 0 aromatic rings. The summed E-state index contributed by atoms with van der Waals surface area (Å²) < 4.78 is 1.11. The number of likely N-dealkylation sites (N-methyl/N-ethyl adjacent to an activating group) is 1. The third-order valence-electron chi connectivity index (χ3n) is 2.93. The van der Waals surface area contributed by atoms with E-state index >= 15 is 0 Å². The smallest absolute Gasteiger partial charge is 0.102 e. The summed E-state index contributed by atoms with van der Waals surface area (Å²) >= 11 is 0. The van der Waals surface area contributed by atoms with Gasteiger partial charge in [0.1, 0.15) is 6.54 Å². The summed E-state index contributed by atoms with van der Waals surface area (Å²) in [5.41, 5.74) is 0. The van der Waals surface area contributed by atoms with Gasteiger partial charge in [-0.05, 0) is 19.8 Å². The summed E-state index contributed by atoms with van der Waals surface area (Å²) in [6.07, 6.45) is 3.76. The lowest BCUT2D eigenvalue weighted by molar-refractivity contribution is -0.927. The maximum absolute atomic E-state index is 9.04. The Bertz CT molecular complexity index is 109. The van der Waals surface area contributed by atoms with Crippen LogP contribution >= 0.6 is 0 Å². The molecule has 1 unspecified atom stereocenters. The largest absolute Gasteiger partial charge is 0.391 e. The minimum atomic E-state index is 0.331. The molecule has 0 saturated carbocycles. The van der Waals surface area contributed by atoms with Crippen molar-refractivity contribution in [1.29, 1.82) is 0 Å². The molecule has 0 aliphatic rings. The molecule has 0 rings (SSSR count). The van der Waals surface area contributed by atoms with Gasteiger partial charge in [0, 0.05) is 0 Å². The van der Waals surface area contributed by atoms with Crippen LogP contribution in [-0.2, 0) is 0 Å². The molecule has 1 N–H and O–H groups in total. The first-order chi connectivity index (χ1) is 6.24. The van der Waals surface area contributed by atoms with Crippen LogP contribution < -0.4 is 0 Å². The maximum Gasteiger partial charge on any atom is 0.102 e. The van der Waals surface area contributed by atoms with Crippen LogP contribution in [0.15, 0.2) is 0 Å². The first-order valence-corrected chi connectivity index (χ1v) is 5.70. The number of rotatable bonds is 8. The normalized spacial score (nSPS) is 15.7. The molecule has 0 bridgehead atoms. The lowest BCUT2D eigenvalue weighted by atomic mass is 10.2. The van der Waals surface area contributed by atoms with Gasteiger partial charge in [-0.2, -0.15) is 0 Å². The highest BCUT2D eigenvalue weighted by Crippen LogP contribution is 2.10. The highest BCUT2D eigenvalue weighted by molar-refractivity contribution is 4.43. The molecule has 2 nitrogen and oxygen atoms in total. The van der Waals surface area contributed by atoms with E-state index in [1.165, 1.54) is 32.4 Å². The highest BCUT2D eigenvalue weighted by atomic mass is 16.3. The van der Waals surface area contributed by atoms with Crippen LogP contribution in [0.3, 0.4) is 0 Å². The molecular weight excluding hydrogens is 162 g/mol. The van der Waals surface area contributed by atoms with Gasteiger partial charge in [-0.1, -0.05) is 20.3 Å². The molecule has 0 fully saturated rings. The minimum Gasteiger partial charge on any atom is -0.391 e. The summed E-state index contributed by atoms with van der Waals surface area (Å²) in [6.45, 7) is 11.6. The Labute approximate surface area is 83.2 Å². The lowest BCUT2D eigenvalue weighted by Crippen LogP contribution is -2.50. The van der Waals surface area contributed by atoms with Crippen LogP contribution in [0.25, 0.3) is 0 Å². The SMILES string of the molecule is CCCC[N+](CC)(CCC)CCO. The Balaban J connectivity index is 4.07. The fraction of sp³-hybridized carbons (Fsp3) is 1.00. The molecule has 0 spiro atoms. The molecule has 0 radical (unpaired) electrons. The summed E-state index contributed by atoms with van der Waals surface area (Å²) in [6, 6.07) is 0. The lowest BCUT2D eigenvalue weighted by Gasteiger charge is -2.37. The third-order valence-corrected chi connectivity index (χ3v) is 2.93. The third kappa shape index (κ3) is 4.63. The molecule has 0 amide bonds. The molecule has 1 atom stereocenters. The van der Waals surface area contributed by atoms with Gasteiger partial charge < -0.3 is 9.59 Å². The van der Waals surface area contributed by atoms with Gasteiger partial charge in [-0.25, -0.2) is 0 Å². The van der Waals surface area contributed by atoms with Gasteiger partial charge in [0.05, 0.1) is 26.2 Å². The molecule has 0 heterocycles. The van der Waals surface area contributed by atoms with Crippen molar-refractivity contribution in [3.8, 4) is 0 Å². The van der Waals surface area contributed by atoms with E-state index in [9.17, 15) is 0 Å². The standard InChI is InChI=1S/C11H26NO/c1-4-7-9-12(6-3,8-5-2)10-11-13/h13H,4-11H2,1-3H3/q+1.